The van der Waals surface area contributed by atoms with Crippen LogP contribution >= 0.6 is 55.4 Å². The Kier molecular flexibility index (Phi) is 7.59. The molecule has 0 bridgehead atoms. The van der Waals surface area contributed by atoms with Gasteiger partial charge in [0.15, 0.2) is 5.11 Å². The lowest BCUT2D eigenvalue weighted by Gasteiger charge is -2.13. The van der Waals surface area contributed by atoms with Crippen LogP contribution in [0.1, 0.15) is 20.0 Å². The van der Waals surface area contributed by atoms with E-state index in [9.17, 15) is 9.59 Å². The Morgan fingerprint density at radius 1 is 1.00 bits per heavy atom. The fourth-order valence-corrected chi connectivity index (χ4v) is 4.72. The van der Waals surface area contributed by atoms with Crippen LogP contribution in [0.3, 0.4) is 0 Å². The molecular weight excluding hydrogens is 554 g/mol. The molecule has 10 heteroatoms. The molecule has 0 atom stereocenters. The molecule has 3 N–H and O–H groups in total. The number of anilines is 2. The van der Waals surface area contributed by atoms with Crippen LogP contribution in [0.5, 0.6) is 5.75 Å². The molecule has 1 heterocycles. The van der Waals surface area contributed by atoms with Gasteiger partial charge in [0.05, 0.1) is 22.0 Å². The smallest absolute Gasteiger partial charge is 0.265 e. The van der Waals surface area contributed by atoms with Crippen molar-refractivity contribution in [3.8, 4) is 5.75 Å². The van der Waals surface area contributed by atoms with Gasteiger partial charge < -0.3 is 15.4 Å². The second kappa shape index (κ2) is 10.2. The van der Waals surface area contributed by atoms with Gasteiger partial charge in [0.25, 0.3) is 11.8 Å². The van der Waals surface area contributed by atoms with E-state index < -0.39 is 5.91 Å². The van der Waals surface area contributed by atoms with Crippen molar-refractivity contribution in [2.75, 3.05) is 17.7 Å². The summed E-state index contributed by atoms with van der Waals surface area (Å²) in [6, 6.07) is 14.0. The molecule has 0 aliphatic rings. The van der Waals surface area contributed by atoms with Gasteiger partial charge in [-0.05, 0) is 76.0 Å². The Bertz CT molecular complexity index is 1090. The number of methoxy groups -OCH3 is 1. The van der Waals surface area contributed by atoms with Crippen molar-refractivity contribution in [1.82, 2.24) is 5.32 Å². The summed E-state index contributed by atoms with van der Waals surface area (Å²) in [5.41, 5.74) is 1.64. The first-order valence-corrected chi connectivity index (χ1v) is 11.3. The number of carbonyl (C=O) groups excluding carboxylic acids is 2. The molecule has 0 fully saturated rings. The SMILES string of the molecule is COc1c(Br)cc(Br)cc1C(=O)NC(=S)Nc1ccc(NC(=O)c2cccs2)cc1. The highest BCUT2D eigenvalue weighted by atomic mass is 79.9. The van der Waals surface area contributed by atoms with Gasteiger partial charge in [-0.3, -0.25) is 14.9 Å². The van der Waals surface area contributed by atoms with E-state index in [-0.39, 0.29) is 11.0 Å². The van der Waals surface area contributed by atoms with Gasteiger partial charge in [0, 0.05) is 15.8 Å². The second-order valence-corrected chi connectivity index (χ2v) is 9.01. The zero-order valence-corrected chi connectivity index (χ0v) is 20.3. The van der Waals surface area contributed by atoms with Crippen molar-refractivity contribution >= 4 is 83.7 Å². The number of hydrogen-bond donors (Lipinski definition) is 3. The molecule has 154 valence electrons. The molecule has 0 saturated heterocycles. The van der Waals surface area contributed by atoms with Gasteiger partial charge >= 0.3 is 0 Å². The Morgan fingerprint density at radius 2 is 1.67 bits per heavy atom. The zero-order valence-electron chi connectivity index (χ0n) is 15.5. The maximum atomic E-state index is 12.6. The number of thiophene rings is 1. The molecule has 3 rings (SSSR count). The fraction of sp³-hybridized carbons (Fsp3) is 0.0500. The van der Waals surface area contributed by atoms with E-state index in [1.807, 2.05) is 11.4 Å². The number of ether oxygens (including phenoxy) is 1. The minimum Gasteiger partial charge on any atom is -0.495 e. The van der Waals surface area contributed by atoms with Crippen LogP contribution in [0.15, 0.2) is 62.9 Å². The summed E-state index contributed by atoms with van der Waals surface area (Å²) in [5.74, 6) is -0.168. The third kappa shape index (κ3) is 5.66. The molecule has 0 saturated carbocycles. The van der Waals surface area contributed by atoms with Crippen LogP contribution in [0.25, 0.3) is 0 Å². The molecule has 2 amide bonds. The number of benzene rings is 2. The van der Waals surface area contributed by atoms with E-state index in [4.69, 9.17) is 17.0 Å². The van der Waals surface area contributed by atoms with Crippen molar-refractivity contribution in [3.05, 3.63) is 73.3 Å². The Hall–Kier alpha value is -2.27. The van der Waals surface area contributed by atoms with E-state index in [1.165, 1.54) is 18.4 Å². The second-order valence-electron chi connectivity index (χ2n) is 5.89. The first-order valence-electron chi connectivity index (χ1n) is 8.47. The van der Waals surface area contributed by atoms with Crippen molar-refractivity contribution in [2.45, 2.75) is 0 Å². The first-order chi connectivity index (χ1) is 14.4. The van der Waals surface area contributed by atoms with Crippen LogP contribution in [-0.2, 0) is 0 Å². The summed E-state index contributed by atoms with van der Waals surface area (Å²) in [6.45, 7) is 0. The highest BCUT2D eigenvalue weighted by molar-refractivity contribution is 9.11. The summed E-state index contributed by atoms with van der Waals surface area (Å²) in [7, 11) is 1.49. The first kappa shape index (κ1) is 22.4. The quantitative estimate of drug-likeness (QED) is 0.346. The third-order valence-corrected chi connectivity index (χ3v) is 5.95. The molecule has 0 radical (unpaired) electrons. The molecule has 2 aromatic carbocycles. The lowest BCUT2D eigenvalue weighted by molar-refractivity contribution is 0.0973. The van der Waals surface area contributed by atoms with Crippen molar-refractivity contribution in [1.29, 1.82) is 0 Å². The summed E-state index contributed by atoms with van der Waals surface area (Å²) < 4.78 is 6.66. The maximum Gasteiger partial charge on any atom is 0.265 e. The molecule has 0 spiro atoms. The number of amides is 2. The standard InChI is InChI=1S/C20H15Br2N3O3S2/c1-28-17-14(9-11(21)10-15(17)22)18(26)25-20(29)24-13-6-4-12(5-7-13)23-19(27)16-3-2-8-30-16/h2-10H,1H3,(H,23,27)(H2,24,25,26,29). The monoisotopic (exact) mass is 567 g/mol. The van der Waals surface area contributed by atoms with Crippen LogP contribution in [0.2, 0.25) is 0 Å². The van der Waals surface area contributed by atoms with Gasteiger partial charge in [-0.1, -0.05) is 22.0 Å². The van der Waals surface area contributed by atoms with Gasteiger partial charge in [-0.15, -0.1) is 11.3 Å². The summed E-state index contributed by atoms with van der Waals surface area (Å²) >= 11 is 13.3. The maximum absolute atomic E-state index is 12.6. The normalized spacial score (nSPS) is 10.2. The van der Waals surface area contributed by atoms with Crippen molar-refractivity contribution in [2.24, 2.45) is 0 Å². The summed E-state index contributed by atoms with van der Waals surface area (Å²) in [5, 5.41) is 10.4. The Labute approximate surface area is 199 Å². The number of halogens is 2. The number of thiocarbonyl (C=S) groups is 1. The molecule has 30 heavy (non-hydrogen) atoms. The lowest BCUT2D eigenvalue weighted by Crippen LogP contribution is -2.34. The molecule has 0 aliphatic carbocycles. The zero-order chi connectivity index (χ0) is 21.7. The third-order valence-electron chi connectivity index (χ3n) is 3.83. The van der Waals surface area contributed by atoms with Gasteiger partial charge in [0.1, 0.15) is 5.75 Å². The minimum absolute atomic E-state index is 0.133. The number of hydrogen-bond acceptors (Lipinski definition) is 5. The molecule has 1 aromatic heterocycles. The highest BCUT2D eigenvalue weighted by Crippen LogP contribution is 2.32. The highest BCUT2D eigenvalue weighted by Gasteiger charge is 2.17. The van der Waals surface area contributed by atoms with Crippen molar-refractivity contribution in [3.63, 3.8) is 0 Å². The van der Waals surface area contributed by atoms with Crippen LogP contribution in [-0.4, -0.2) is 24.0 Å². The molecule has 6 nitrogen and oxygen atoms in total. The summed E-state index contributed by atoms with van der Waals surface area (Å²) in [6.07, 6.45) is 0. The predicted molar refractivity (Wildman–Crippen MR) is 131 cm³/mol. The Balaban J connectivity index is 1.61. The molecule has 0 aliphatic heterocycles. The average Bonchev–Trinajstić information content (AvgIpc) is 3.24. The van der Waals surface area contributed by atoms with Gasteiger partial charge in [-0.2, -0.15) is 0 Å². The van der Waals surface area contributed by atoms with Gasteiger partial charge in [0.2, 0.25) is 0 Å². The number of rotatable bonds is 5. The topological polar surface area (TPSA) is 79.5 Å². The molecule has 0 unspecified atom stereocenters. The lowest BCUT2D eigenvalue weighted by atomic mass is 10.2. The minimum atomic E-state index is -0.411. The largest absolute Gasteiger partial charge is 0.495 e. The average molecular weight is 569 g/mol. The molecule has 3 aromatic rings. The predicted octanol–water partition coefficient (Wildman–Crippen LogP) is 5.66. The van der Waals surface area contributed by atoms with Crippen molar-refractivity contribution < 1.29 is 14.3 Å². The number of carbonyl (C=O) groups is 2. The van der Waals surface area contributed by atoms with E-state index in [0.717, 1.165) is 4.47 Å². The van der Waals surface area contributed by atoms with Crippen LogP contribution in [0.4, 0.5) is 11.4 Å². The van der Waals surface area contributed by atoms with E-state index >= 15 is 0 Å². The van der Waals surface area contributed by atoms with E-state index in [0.29, 0.717) is 32.0 Å². The Morgan fingerprint density at radius 3 is 2.27 bits per heavy atom. The van der Waals surface area contributed by atoms with E-state index in [2.05, 4.69) is 47.8 Å². The number of nitrogens with one attached hydrogen (secondary N) is 3. The van der Waals surface area contributed by atoms with Crippen LogP contribution < -0.4 is 20.7 Å². The van der Waals surface area contributed by atoms with Gasteiger partial charge in [-0.25, -0.2) is 0 Å². The fourth-order valence-electron chi connectivity index (χ4n) is 2.51. The molecular formula is C20H15Br2N3O3S2. The van der Waals surface area contributed by atoms with Crippen LogP contribution in [0, 0.1) is 0 Å². The van der Waals surface area contributed by atoms with E-state index in [1.54, 1.807) is 42.5 Å². The summed E-state index contributed by atoms with van der Waals surface area (Å²) in [4.78, 5) is 25.3.